The van der Waals surface area contributed by atoms with Gasteiger partial charge in [0.15, 0.2) is 0 Å². The van der Waals surface area contributed by atoms with Gasteiger partial charge < -0.3 is 9.64 Å². The van der Waals surface area contributed by atoms with Crippen LogP contribution in [0, 0.1) is 5.92 Å². The maximum absolute atomic E-state index is 12.4. The molecule has 1 aromatic rings. The molecule has 3 fully saturated rings. The predicted octanol–water partition coefficient (Wildman–Crippen LogP) is 2.07. The molecule has 3 aliphatic rings. The van der Waals surface area contributed by atoms with Crippen molar-refractivity contribution in [2.24, 2.45) is 5.92 Å². The van der Waals surface area contributed by atoms with Gasteiger partial charge in [-0.05, 0) is 36.6 Å². The van der Waals surface area contributed by atoms with E-state index in [1.807, 2.05) is 22.4 Å². The number of amides is 1. The first-order valence-corrected chi connectivity index (χ1v) is 8.86. The summed E-state index contributed by atoms with van der Waals surface area (Å²) in [6.45, 7) is 4.70. The van der Waals surface area contributed by atoms with Gasteiger partial charge in [-0.1, -0.05) is 6.07 Å². The first kappa shape index (κ1) is 13.7. The topological polar surface area (TPSA) is 32.8 Å². The van der Waals surface area contributed by atoms with Gasteiger partial charge in [0, 0.05) is 38.8 Å². The van der Waals surface area contributed by atoms with Gasteiger partial charge in [-0.15, -0.1) is 11.3 Å². The Bertz CT molecular complexity index is 500. The number of carbonyl (C=O) groups is 1. The van der Waals surface area contributed by atoms with Crippen LogP contribution in [0.2, 0.25) is 0 Å². The minimum atomic E-state index is 0.201. The first-order chi connectivity index (χ1) is 10.3. The fraction of sp³-hybridized carbons (Fsp3) is 0.688. The van der Waals surface area contributed by atoms with Crippen LogP contribution in [-0.4, -0.2) is 60.6 Å². The smallest absolute Gasteiger partial charge is 0.264 e. The number of thiophene rings is 1. The SMILES string of the molecule is O=C(c1cccs1)N1CCN2C[C@@H](OCC3CC3)C[C@@H]2C1. The van der Waals surface area contributed by atoms with Crippen LogP contribution >= 0.6 is 11.3 Å². The van der Waals surface area contributed by atoms with Gasteiger partial charge in [0.25, 0.3) is 5.91 Å². The average molecular weight is 306 g/mol. The third-order valence-electron chi connectivity index (χ3n) is 4.86. The van der Waals surface area contributed by atoms with Crippen molar-refractivity contribution in [3.63, 3.8) is 0 Å². The maximum Gasteiger partial charge on any atom is 0.264 e. The van der Waals surface area contributed by atoms with Crippen LogP contribution in [0.15, 0.2) is 17.5 Å². The molecule has 1 aliphatic carbocycles. The van der Waals surface area contributed by atoms with Crippen molar-refractivity contribution in [1.29, 1.82) is 0 Å². The minimum Gasteiger partial charge on any atom is -0.377 e. The number of ether oxygens (including phenoxy) is 1. The molecule has 2 saturated heterocycles. The first-order valence-electron chi connectivity index (χ1n) is 7.98. The Morgan fingerprint density at radius 3 is 3.00 bits per heavy atom. The second kappa shape index (κ2) is 5.71. The molecular weight excluding hydrogens is 284 g/mol. The molecule has 3 heterocycles. The fourth-order valence-electron chi connectivity index (χ4n) is 3.41. The Labute approximate surface area is 129 Å². The van der Waals surface area contributed by atoms with Crippen molar-refractivity contribution in [2.75, 3.05) is 32.8 Å². The molecule has 0 spiro atoms. The van der Waals surface area contributed by atoms with Crippen molar-refractivity contribution in [1.82, 2.24) is 9.80 Å². The molecule has 0 bridgehead atoms. The van der Waals surface area contributed by atoms with Crippen molar-refractivity contribution >= 4 is 17.2 Å². The second-order valence-corrected chi connectivity index (χ2v) is 7.46. The molecule has 1 saturated carbocycles. The van der Waals surface area contributed by atoms with E-state index in [-0.39, 0.29) is 5.91 Å². The Morgan fingerprint density at radius 1 is 1.33 bits per heavy atom. The van der Waals surface area contributed by atoms with Crippen LogP contribution < -0.4 is 0 Å². The minimum absolute atomic E-state index is 0.201. The molecule has 0 aromatic carbocycles. The van der Waals surface area contributed by atoms with E-state index in [2.05, 4.69) is 4.90 Å². The van der Waals surface area contributed by atoms with Gasteiger partial charge in [0.05, 0.1) is 11.0 Å². The van der Waals surface area contributed by atoms with Crippen LogP contribution in [-0.2, 0) is 4.74 Å². The van der Waals surface area contributed by atoms with Gasteiger partial charge in [-0.3, -0.25) is 9.69 Å². The Kier molecular flexibility index (Phi) is 3.73. The number of piperazine rings is 1. The molecular formula is C16H22N2O2S. The number of carbonyl (C=O) groups excluding carboxylic acids is 1. The largest absolute Gasteiger partial charge is 0.377 e. The number of hydrogen-bond acceptors (Lipinski definition) is 4. The van der Waals surface area contributed by atoms with Crippen molar-refractivity contribution in [3.05, 3.63) is 22.4 Å². The summed E-state index contributed by atoms with van der Waals surface area (Å²) in [6.07, 6.45) is 4.17. The third kappa shape index (κ3) is 3.00. The van der Waals surface area contributed by atoms with Gasteiger partial charge >= 0.3 is 0 Å². The summed E-state index contributed by atoms with van der Waals surface area (Å²) in [5.41, 5.74) is 0. The van der Waals surface area contributed by atoms with Crippen molar-refractivity contribution < 1.29 is 9.53 Å². The average Bonchev–Trinajstić information content (AvgIpc) is 3.02. The highest BCUT2D eigenvalue weighted by atomic mass is 32.1. The highest BCUT2D eigenvalue weighted by molar-refractivity contribution is 7.12. The Morgan fingerprint density at radius 2 is 2.24 bits per heavy atom. The van der Waals surface area contributed by atoms with E-state index in [4.69, 9.17) is 4.74 Å². The third-order valence-corrected chi connectivity index (χ3v) is 5.72. The molecule has 114 valence electrons. The van der Waals surface area contributed by atoms with E-state index >= 15 is 0 Å². The summed E-state index contributed by atoms with van der Waals surface area (Å²) >= 11 is 1.54. The van der Waals surface area contributed by atoms with Crippen LogP contribution in [0.1, 0.15) is 28.9 Å². The Balaban J connectivity index is 1.33. The highest BCUT2D eigenvalue weighted by Gasteiger charge is 2.38. The van der Waals surface area contributed by atoms with Crippen LogP contribution in [0.25, 0.3) is 0 Å². The molecule has 1 aromatic heterocycles. The summed E-state index contributed by atoms with van der Waals surface area (Å²) in [7, 11) is 0. The van der Waals surface area contributed by atoms with Crippen molar-refractivity contribution in [2.45, 2.75) is 31.4 Å². The molecule has 4 rings (SSSR count). The number of rotatable bonds is 4. The quantitative estimate of drug-likeness (QED) is 0.854. The monoisotopic (exact) mass is 306 g/mol. The zero-order valence-electron chi connectivity index (χ0n) is 12.2. The fourth-order valence-corrected chi connectivity index (χ4v) is 4.11. The highest BCUT2D eigenvalue weighted by Crippen LogP contribution is 2.31. The molecule has 0 unspecified atom stereocenters. The van der Waals surface area contributed by atoms with Crippen molar-refractivity contribution in [3.8, 4) is 0 Å². The standard InChI is InChI=1S/C16H22N2O2S/c19-16(15-2-1-7-21-15)18-6-5-17-10-14(8-13(17)9-18)20-11-12-3-4-12/h1-2,7,12-14H,3-6,8-11H2/t13-,14+/m1/s1. The lowest BCUT2D eigenvalue weighted by Crippen LogP contribution is -2.51. The molecule has 1 amide bonds. The number of fused-ring (bicyclic) bond motifs is 1. The lowest BCUT2D eigenvalue weighted by Gasteiger charge is -2.37. The number of hydrogen-bond donors (Lipinski definition) is 0. The lowest BCUT2D eigenvalue weighted by molar-refractivity contribution is 0.0494. The summed E-state index contributed by atoms with van der Waals surface area (Å²) in [6, 6.07) is 4.37. The predicted molar refractivity (Wildman–Crippen MR) is 82.7 cm³/mol. The van der Waals surface area contributed by atoms with E-state index in [0.29, 0.717) is 12.1 Å². The van der Waals surface area contributed by atoms with Crippen LogP contribution in [0.4, 0.5) is 0 Å². The van der Waals surface area contributed by atoms with E-state index < -0.39 is 0 Å². The maximum atomic E-state index is 12.4. The molecule has 0 N–H and O–H groups in total. The molecule has 0 radical (unpaired) electrons. The van der Waals surface area contributed by atoms with Gasteiger partial charge in [0.1, 0.15) is 0 Å². The zero-order chi connectivity index (χ0) is 14.2. The van der Waals surface area contributed by atoms with Crippen LogP contribution in [0.5, 0.6) is 0 Å². The summed E-state index contributed by atoms with van der Waals surface area (Å²) in [5, 5.41) is 1.97. The molecule has 5 heteroatoms. The van der Waals surface area contributed by atoms with E-state index in [1.54, 1.807) is 0 Å². The molecule has 2 atom stereocenters. The molecule has 21 heavy (non-hydrogen) atoms. The lowest BCUT2D eigenvalue weighted by atomic mass is 10.1. The van der Waals surface area contributed by atoms with Crippen LogP contribution in [0.3, 0.4) is 0 Å². The van der Waals surface area contributed by atoms with E-state index in [9.17, 15) is 4.79 Å². The Hall–Kier alpha value is -0.910. The molecule has 4 nitrogen and oxygen atoms in total. The second-order valence-electron chi connectivity index (χ2n) is 6.51. The van der Waals surface area contributed by atoms with E-state index in [0.717, 1.165) is 50.0 Å². The van der Waals surface area contributed by atoms with E-state index in [1.165, 1.54) is 24.2 Å². The number of nitrogens with zero attached hydrogens (tertiary/aromatic N) is 2. The summed E-state index contributed by atoms with van der Waals surface area (Å²) < 4.78 is 6.04. The van der Waals surface area contributed by atoms with Gasteiger partial charge in [0.2, 0.25) is 0 Å². The summed E-state index contributed by atoms with van der Waals surface area (Å²) in [4.78, 5) is 17.8. The summed E-state index contributed by atoms with van der Waals surface area (Å²) in [5.74, 6) is 1.03. The van der Waals surface area contributed by atoms with Gasteiger partial charge in [-0.25, -0.2) is 0 Å². The molecule has 2 aliphatic heterocycles. The zero-order valence-corrected chi connectivity index (χ0v) is 13.1. The van der Waals surface area contributed by atoms with Gasteiger partial charge in [-0.2, -0.15) is 0 Å². The normalized spacial score (nSPS) is 29.6.